The molecule has 0 spiro atoms. The molecule has 1 amide bonds. The van der Waals surface area contributed by atoms with Crippen molar-refractivity contribution in [2.24, 2.45) is 0 Å². The average molecular weight is 360 g/mol. The summed E-state index contributed by atoms with van der Waals surface area (Å²) in [6.07, 6.45) is 0.895. The van der Waals surface area contributed by atoms with E-state index in [1.54, 1.807) is 24.3 Å². The quantitative estimate of drug-likeness (QED) is 0.720. The molecule has 0 radical (unpaired) electrons. The summed E-state index contributed by atoms with van der Waals surface area (Å²) in [6, 6.07) is 13.4. The van der Waals surface area contributed by atoms with Gasteiger partial charge in [-0.05, 0) is 62.1 Å². The lowest BCUT2D eigenvalue weighted by atomic mass is 9.97. The minimum atomic E-state index is -0.527. The molecule has 2 aromatic rings. The van der Waals surface area contributed by atoms with E-state index in [2.05, 4.69) is 44.3 Å². The molecule has 0 heterocycles. The molecule has 0 fully saturated rings. The average Bonchev–Trinajstić information content (AvgIpc) is 2.59. The van der Waals surface area contributed by atoms with Crippen LogP contribution in [0.3, 0.4) is 0 Å². The van der Waals surface area contributed by atoms with Crippen molar-refractivity contribution >= 4 is 17.5 Å². The standard InChI is InChI=1S/C21H26ClNO2/c1-5-19(18-12-7-14(3)13-15(18)4)23-21(24)20(6-2)25-17-10-8-16(22)9-11-17/h7-13,19-20H,5-6H2,1-4H3,(H,23,24)/t19-,20-/m0/s1. The highest BCUT2D eigenvalue weighted by Gasteiger charge is 2.22. The molecule has 0 unspecified atom stereocenters. The van der Waals surface area contributed by atoms with Crippen molar-refractivity contribution in [2.75, 3.05) is 0 Å². The lowest BCUT2D eigenvalue weighted by Crippen LogP contribution is -2.40. The molecule has 0 aliphatic carbocycles. The zero-order valence-corrected chi connectivity index (χ0v) is 16.1. The molecule has 2 atom stereocenters. The van der Waals surface area contributed by atoms with Gasteiger partial charge in [0.15, 0.2) is 6.10 Å². The van der Waals surface area contributed by atoms with Crippen LogP contribution in [0.2, 0.25) is 5.02 Å². The molecule has 0 saturated carbocycles. The van der Waals surface area contributed by atoms with Crippen molar-refractivity contribution in [3.8, 4) is 5.75 Å². The summed E-state index contributed by atoms with van der Waals surface area (Å²) < 4.78 is 5.84. The summed E-state index contributed by atoms with van der Waals surface area (Å²) in [6.45, 7) is 8.17. The van der Waals surface area contributed by atoms with E-state index in [0.717, 1.165) is 12.0 Å². The first-order valence-corrected chi connectivity index (χ1v) is 9.12. The summed E-state index contributed by atoms with van der Waals surface area (Å²) in [5.41, 5.74) is 3.57. The number of carbonyl (C=O) groups is 1. The molecular formula is C21H26ClNO2. The van der Waals surface area contributed by atoms with Crippen LogP contribution in [-0.2, 0) is 4.79 Å². The van der Waals surface area contributed by atoms with Crippen LogP contribution in [0, 0.1) is 13.8 Å². The van der Waals surface area contributed by atoms with Crippen LogP contribution in [0.25, 0.3) is 0 Å². The van der Waals surface area contributed by atoms with Gasteiger partial charge in [0, 0.05) is 5.02 Å². The third-order valence-corrected chi connectivity index (χ3v) is 4.53. The SMILES string of the molecule is CC[C@H](Oc1ccc(Cl)cc1)C(=O)N[C@@H](CC)c1ccc(C)cc1C. The van der Waals surface area contributed by atoms with Gasteiger partial charge in [0.2, 0.25) is 0 Å². The van der Waals surface area contributed by atoms with Gasteiger partial charge in [-0.2, -0.15) is 0 Å². The van der Waals surface area contributed by atoms with Crippen molar-refractivity contribution < 1.29 is 9.53 Å². The Hall–Kier alpha value is -2.00. The Balaban J connectivity index is 2.09. The first-order valence-electron chi connectivity index (χ1n) is 8.74. The Morgan fingerprint density at radius 1 is 1.08 bits per heavy atom. The van der Waals surface area contributed by atoms with Crippen LogP contribution >= 0.6 is 11.6 Å². The van der Waals surface area contributed by atoms with E-state index < -0.39 is 6.10 Å². The van der Waals surface area contributed by atoms with E-state index in [4.69, 9.17) is 16.3 Å². The Labute approximate surface area is 155 Å². The first kappa shape index (κ1) is 19.3. The Kier molecular flexibility index (Phi) is 6.89. The second-order valence-corrected chi connectivity index (χ2v) is 6.73. The second kappa shape index (κ2) is 8.91. The van der Waals surface area contributed by atoms with Crippen molar-refractivity contribution in [2.45, 2.75) is 52.7 Å². The second-order valence-electron chi connectivity index (χ2n) is 6.30. The molecule has 3 nitrogen and oxygen atoms in total. The molecule has 2 rings (SSSR count). The number of hydrogen-bond acceptors (Lipinski definition) is 2. The number of amides is 1. The summed E-state index contributed by atoms with van der Waals surface area (Å²) in [7, 11) is 0. The predicted molar refractivity (Wildman–Crippen MR) is 103 cm³/mol. The fourth-order valence-corrected chi connectivity index (χ4v) is 3.01. The van der Waals surface area contributed by atoms with E-state index in [0.29, 0.717) is 17.2 Å². The predicted octanol–water partition coefficient (Wildman–Crippen LogP) is 5.38. The van der Waals surface area contributed by atoms with Gasteiger partial charge < -0.3 is 10.1 Å². The number of nitrogens with one attached hydrogen (secondary N) is 1. The summed E-state index contributed by atoms with van der Waals surface area (Å²) in [5, 5.41) is 3.78. The van der Waals surface area contributed by atoms with Crippen LogP contribution in [0.1, 0.15) is 49.4 Å². The number of benzene rings is 2. The Morgan fingerprint density at radius 2 is 1.76 bits per heavy atom. The highest BCUT2D eigenvalue weighted by molar-refractivity contribution is 6.30. The zero-order chi connectivity index (χ0) is 18.4. The van der Waals surface area contributed by atoms with Crippen LogP contribution in [0.15, 0.2) is 42.5 Å². The number of halogens is 1. The highest BCUT2D eigenvalue weighted by Crippen LogP contribution is 2.23. The minimum Gasteiger partial charge on any atom is -0.481 e. The number of aryl methyl sites for hydroxylation is 2. The molecule has 0 aromatic heterocycles. The molecule has 0 saturated heterocycles. The fourth-order valence-electron chi connectivity index (χ4n) is 2.88. The lowest BCUT2D eigenvalue weighted by molar-refractivity contribution is -0.128. The van der Waals surface area contributed by atoms with Gasteiger partial charge in [0.05, 0.1) is 6.04 Å². The van der Waals surface area contributed by atoms with Crippen LogP contribution < -0.4 is 10.1 Å². The van der Waals surface area contributed by atoms with E-state index in [1.807, 2.05) is 6.92 Å². The highest BCUT2D eigenvalue weighted by atomic mass is 35.5. The van der Waals surface area contributed by atoms with E-state index in [1.165, 1.54) is 11.1 Å². The van der Waals surface area contributed by atoms with Gasteiger partial charge in [-0.1, -0.05) is 49.2 Å². The largest absolute Gasteiger partial charge is 0.481 e. The summed E-state index contributed by atoms with van der Waals surface area (Å²) in [5.74, 6) is 0.551. The maximum absolute atomic E-state index is 12.7. The van der Waals surface area contributed by atoms with Gasteiger partial charge in [-0.15, -0.1) is 0 Å². The smallest absolute Gasteiger partial charge is 0.261 e. The molecule has 4 heteroatoms. The third kappa shape index (κ3) is 5.23. The van der Waals surface area contributed by atoms with Gasteiger partial charge in [0.25, 0.3) is 5.91 Å². The van der Waals surface area contributed by atoms with E-state index in [-0.39, 0.29) is 11.9 Å². The van der Waals surface area contributed by atoms with Crippen LogP contribution in [0.4, 0.5) is 0 Å². The van der Waals surface area contributed by atoms with Gasteiger partial charge in [-0.25, -0.2) is 0 Å². The topological polar surface area (TPSA) is 38.3 Å². The summed E-state index contributed by atoms with van der Waals surface area (Å²) in [4.78, 5) is 12.7. The van der Waals surface area contributed by atoms with Crippen molar-refractivity contribution in [3.63, 3.8) is 0 Å². The molecule has 0 bridgehead atoms. The lowest BCUT2D eigenvalue weighted by Gasteiger charge is -2.23. The molecule has 25 heavy (non-hydrogen) atoms. The molecule has 2 aromatic carbocycles. The van der Waals surface area contributed by atoms with Crippen LogP contribution in [0.5, 0.6) is 5.75 Å². The third-order valence-electron chi connectivity index (χ3n) is 4.28. The first-order chi connectivity index (χ1) is 11.9. The van der Waals surface area contributed by atoms with Gasteiger partial charge in [-0.3, -0.25) is 4.79 Å². The maximum atomic E-state index is 12.7. The molecule has 134 valence electrons. The van der Waals surface area contributed by atoms with Gasteiger partial charge in [0.1, 0.15) is 5.75 Å². The van der Waals surface area contributed by atoms with E-state index >= 15 is 0 Å². The van der Waals surface area contributed by atoms with Crippen molar-refractivity contribution in [1.29, 1.82) is 0 Å². The number of carbonyl (C=O) groups excluding carboxylic acids is 1. The maximum Gasteiger partial charge on any atom is 0.261 e. The molecule has 0 aliphatic rings. The molecule has 0 aliphatic heterocycles. The Bertz CT molecular complexity index is 712. The summed E-state index contributed by atoms with van der Waals surface area (Å²) >= 11 is 5.89. The Morgan fingerprint density at radius 3 is 2.32 bits per heavy atom. The molecule has 1 N–H and O–H groups in total. The normalized spacial score (nSPS) is 13.2. The van der Waals surface area contributed by atoms with E-state index in [9.17, 15) is 4.79 Å². The van der Waals surface area contributed by atoms with Gasteiger partial charge >= 0.3 is 0 Å². The van der Waals surface area contributed by atoms with Crippen molar-refractivity contribution in [1.82, 2.24) is 5.32 Å². The number of rotatable bonds is 7. The minimum absolute atomic E-state index is 0.0176. The molecular weight excluding hydrogens is 334 g/mol. The number of ether oxygens (including phenoxy) is 1. The number of hydrogen-bond donors (Lipinski definition) is 1. The monoisotopic (exact) mass is 359 g/mol. The fraction of sp³-hybridized carbons (Fsp3) is 0.381. The van der Waals surface area contributed by atoms with Crippen LogP contribution in [-0.4, -0.2) is 12.0 Å². The van der Waals surface area contributed by atoms with Crippen molar-refractivity contribution in [3.05, 3.63) is 64.2 Å². The zero-order valence-electron chi connectivity index (χ0n) is 15.3.